The van der Waals surface area contributed by atoms with E-state index in [1.165, 1.54) is 11.3 Å². The lowest BCUT2D eigenvalue weighted by atomic mass is 10.1. The van der Waals surface area contributed by atoms with Crippen LogP contribution in [0.15, 0.2) is 29.6 Å². The number of carbonyl (C=O) groups excluding carboxylic acids is 1. The van der Waals surface area contributed by atoms with E-state index in [4.69, 9.17) is 9.84 Å². The highest BCUT2D eigenvalue weighted by Gasteiger charge is 2.30. The number of thiazole rings is 1. The smallest absolute Gasteiger partial charge is 0.273 e. The lowest BCUT2D eigenvalue weighted by Gasteiger charge is -2.23. The third-order valence-electron chi connectivity index (χ3n) is 4.39. The first-order chi connectivity index (χ1) is 11.7. The van der Waals surface area contributed by atoms with Crippen molar-refractivity contribution in [2.75, 3.05) is 20.3 Å². The molecule has 0 aliphatic carbocycles. The summed E-state index contributed by atoms with van der Waals surface area (Å²) in [5.74, 6) is 0.807. The van der Waals surface area contributed by atoms with E-state index in [0.717, 1.165) is 48.5 Å². The van der Waals surface area contributed by atoms with Crippen molar-refractivity contribution in [3.8, 4) is 16.3 Å². The van der Waals surface area contributed by atoms with Crippen molar-refractivity contribution >= 4 is 17.2 Å². The van der Waals surface area contributed by atoms with Crippen LogP contribution in [0.5, 0.6) is 5.75 Å². The molecule has 1 aliphatic rings. The van der Waals surface area contributed by atoms with Crippen LogP contribution in [0.4, 0.5) is 0 Å². The van der Waals surface area contributed by atoms with E-state index in [9.17, 15) is 4.79 Å². The normalized spacial score (nSPS) is 17.2. The van der Waals surface area contributed by atoms with Crippen molar-refractivity contribution in [1.82, 2.24) is 9.88 Å². The highest BCUT2D eigenvalue weighted by Crippen LogP contribution is 2.28. The molecule has 1 fully saturated rings. The fraction of sp³-hybridized carbons (Fsp3) is 0.444. The van der Waals surface area contributed by atoms with Gasteiger partial charge < -0.3 is 14.7 Å². The molecular formula is C18H22N2O3S. The van der Waals surface area contributed by atoms with Gasteiger partial charge in [0.25, 0.3) is 5.91 Å². The summed E-state index contributed by atoms with van der Waals surface area (Å²) in [6.45, 7) is 0.959. The molecule has 0 bridgehead atoms. The van der Waals surface area contributed by atoms with Gasteiger partial charge in [-0.05, 0) is 49.9 Å². The topological polar surface area (TPSA) is 62.7 Å². The van der Waals surface area contributed by atoms with Crippen LogP contribution in [0.25, 0.3) is 10.6 Å². The number of amides is 1. The molecule has 1 aromatic carbocycles. The quantitative estimate of drug-likeness (QED) is 0.872. The van der Waals surface area contributed by atoms with E-state index in [0.29, 0.717) is 5.69 Å². The summed E-state index contributed by atoms with van der Waals surface area (Å²) in [6, 6.07) is 7.92. The zero-order valence-corrected chi connectivity index (χ0v) is 14.6. The number of ether oxygens (including phenoxy) is 1. The number of benzene rings is 1. The van der Waals surface area contributed by atoms with Gasteiger partial charge in [0.1, 0.15) is 16.5 Å². The van der Waals surface area contributed by atoms with Crippen LogP contribution >= 0.6 is 11.3 Å². The monoisotopic (exact) mass is 346 g/mol. The predicted octanol–water partition coefficient (Wildman–Crippen LogP) is 3.20. The minimum Gasteiger partial charge on any atom is -0.497 e. The molecule has 0 spiro atoms. The van der Waals surface area contributed by atoms with E-state index < -0.39 is 0 Å². The Morgan fingerprint density at radius 3 is 2.92 bits per heavy atom. The molecular weight excluding hydrogens is 324 g/mol. The maximum Gasteiger partial charge on any atom is 0.273 e. The number of likely N-dealkylation sites (tertiary alicyclic amines) is 1. The summed E-state index contributed by atoms with van der Waals surface area (Å²) in [5.41, 5.74) is 1.50. The van der Waals surface area contributed by atoms with E-state index in [1.54, 1.807) is 7.11 Å². The Balaban J connectivity index is 1.73. The maximum absolute atomic E-state index is 12.8. The molecule has 1 amide bonds. The Kier molecular flexibility index (Phi) is 5.48. The minimum atomic E-state index is 0.00597. The van der Waals surface area contributed by atoms with Gasteiger partial charge in [-0.15, -0.1) is 11.3 Å². The second-order valence-corrected chi connectivity index (χ2v) is 6.78. The van der Waals surface area contributed by atoms with Crippen LogP contribution in [0.3, 0.4) is 0 Å². The standard InChI is InChI=1S/C18H22N2O3S/c1-23-15-8-6-13(7-9-15)17-19-16(12-24-17)18(22)20-10-2-4-14(20)5-3-11-21/h6-9,12,14,21H,2-5,10-11H2,1H3. The van der Waals surface area contributed by atoms with E-state index in [-0.39, 0.29) is 18.6 Å². The number of hydrogen-bond donors (Lipinski definition) is 1. The highest BCUT2D eigenvalue weighted by atomic mass is 32.1. The molecule has 2 heterocycles. The molecule has 0 saturated carbocycles. The number of carbonyl (C=O) groups is 1. The summed E-state index contributed by atoms with van der Waals surface area (Å²) in [7, 11) is 1.64. The number of rotatable bonds is 6. The second-order valence-electron chi connectivity index (χ2n) is 5.93. The Morgan fingerprint density at radius 1 is 1.42 bits per heavy atom. The summed E-state index contributed by atoms with van der Waals surface area (Å²) in [6.07, 6.45) is 3.64. The fourth-order valence-electron chi connectivity index (χ4n) is 3.12. The van der Waals surface area contributed by atoms with Gasteiger partial charge in [0.15, 0.2) is 0 Å². The predicted molar refractivity (Wildman–Crippen MR) is 94.5 cm³/mol. The largest absolute Gasteiger partial charge is 0.497 e. The Labute approximate surface area is 145 Å². The van der Waals surface area contributed by atoms with Crippen LogP contribution in [0.1, 0.15) is 36.2 Å². The summed E-state index contributed by atoms with van der Waals surface area (Å²) >= 11 is 1.48. The van der Waals surface area contributed by atoms with Gasteiger partial charge in [-0.25, -0.2) is 4.98 Å². The fourth-order valence-corrected chi connectivity index (χ4v) is 3.92. The van der Waals surface area contributed by atoms with Crippen LogP contribution in [-0.2, 0) is 0 Å². The Morgan fingerprint density at radius 2 is 2.21 bits per heavy atom. The van der Waals surface area contributed by atoms with Crippen molar-refractivity contribution in [2.24, 2.45) is 0 Å². The lowest BCUT2D eigenvalue weighted by molar-refractivity contribution is 0.0719. The molecule has 1 aromatic heterocycles. The molecule has 128 valence electrons. The molecule has 1 atom stereocenters. The lowest BCUT2D eigenvalue weighted by Crippen LogP contribution is -2.35. The highest BCUT2D eigenvalue weighted by molar-refractivity contribution is 7.13. The Bertz CT molecular complexity index is 684. The molecule has 1 N–H and O–H groups in total. The third-order valence-corrected chi connectivity index (χ3v) is 5.29. The summed E-state index contributed by atoms with van der Waals surface area (Å²) in [4.78, 5) is 19.2. The van der Waals surface area contributed by atoms with Crippen molar-refractivity contribution in [1.29, 1.82) is 0 Å². The van der Waals surface area contributed by atoms with Crippen molar-refractivity contribution in [3.05, 3.63) is 35.3 Å². The minimum absolute atomic E-state index is 0.00597. The van der Waals surface area contributed by atoms with Gasteiger partial charge >= 0.3 is 0 Å². The van der Waals surface area contributed by atoms with Crippen LogP contribution in [0, 0.1) is 0 Å². The van der Waals surface area contributed by atoms with Gasteiger partial charge in [0.2, 0.25) is 0 Å². The van der Waals surface area contributed by atoms with Gasteiger partial charge in [0.05, 0.1) is 7.11 Å². The SMILES string of the molecule is COc1ccc(-c2nc(C(=O)N3CCCC3CCCO)cs2)cc1. The molecule has 6 heteroatoms. The molecule has 24 heavy (non-hydrogen) atoms. The number of aliphatic hydroxyl groups is 1. The number of hydrogen-bond acceptors (Lipinski definition) is 5. The van der Waals surface area contributed by atoms with Crippen molar-refractivity contribution in [2.45, 2.75) is 31.7 Å². The zero-order valence-electron chi connectivity index (χ0n) is 13.8. The van der Waals surface area contributed by atoms with Gasteiger partial charge in [0, 0.05) is 30.1 Å². The maximum atomic E-state index is 12.8. The molecule has 2 aromatic rings. The van der Waals surface area contributed by atoms with Crippen molar-refractivity contribution in [3.63, 3.8) is 0 Å². The van der Waals surface area contributed by atoms with Gasteiger partial charge in [-0.3, -0.25) is 4.79 Å². The number of methoxy groups -OCH3 is 1. The first-order valence-corrected chi connectivity index (χ1v) is 9.12. The van der Waals surface area contributed by atoms with Crippen LogP contribution < -0.4 is 4.74 Å². The molecule has 5 nitrogen and oxygen atoms in total. The first-order valence-electron chi connectivity index (χ1n) is 8.24. The summed E-state index contributed by atoms with van der Waals surface area (Å²) < 4.78 is 5.16. The first kappa shape index (κ1) is 16.9. The number of aromatic nitrogens is 1. The Hall–Kier alpha value is -1.92. The van der Waals surface area contributed by atoms with E-state index in [2.05, 4.69) is 4.98 Å². The summed E-state index contributed by atoms with van der Waals surface area (Å²) in [5, 5.41) is 11.7. The average Bonchev–Trinajstić information content (AvgIpc) is 3.29. The molecule has 3 rings (SSSR count). The van der Waals surface area contributed by atoms with E-state index in [1.807, 2.05) is 34.5 Å². The van der Waals surface area contributed by atoms with Gasteiger partial charge in [-0.1, -0.05) is 0 Å². The molecule has 1 unspecified atom stereocenters. The number of nitrogens with zero attached hydrogens (tertiary/aromatic N) is 2. The van der Waals surface area contributed by atoms with Gasteiger partial charge in [-0.2, -0.15) is 0 Å². The molecule has 1 aliphatic heterocycles. The second kappa shape index (κ2) is 7.77. The van der Waals surface area contributed by atoms with Crippen molar-refractivity contribution < 1.29 is 14.6 Å². The van der Waals surface area contributed by atoms with Crippen LogP contribution in [0.2, 0.25) is 0 Å². The molecule has 1 saturated heterocycles. The van der Waals surface area contributed by atoms with E-state index >= 15 is 0 Å². The van der Waals surface area contributed by atoms with Crippen LogP contribution in [-0.4, -0.2) is 47.2 Å². The zero-order chi connectivity index (χ0) is 16.9. The third kappa shape index (κ3) is 3.60. The molecule has 0 radical (unpaired) electrons. The average molecular weight is 346 g/mol. The number of aliphatic hydroxyl groups excluding tert-OH is 1.